The van der Waals surface area contributed by atoms with Crippen LogP contribution in [0.1, 0.15) is 58.7 Å². The van der Waals surface area contributed by atoms with Gasteiger partial charge in [0.1, 0.15) is 0 Å². The van der Waals surface area contributed by atoms with Gasteiger partial charge in [0.25, 0.3) is 0 Å². The Balaban J connectivity index is 2.32. The normalized spacial score (nSPS) is 24.4. The van der Waals surface area contributed by atoms with E-state index in [4.69, 9.17) is 5.10 Å². The number of aromatic nitrogens is 2. The first-order valence-electron chi connectivity index (χ1n) is 7.53. The van der Waals surface area contributed by atoms with Gasteiger partial charge in [-0.2, -0.15) is 5.10 Å². The molecule has 108 valence electrons. The van der Waals surface area contributed by atoms with Crippen LogP contribution in [-0.2, 0) is 18.9 Å². The maximum Gasteiger partial charge on any atom is 0.0710 e. The summed E-state index contributed by atoms with van der Waals surface area (Å²) in [4.78, 5) is 0. The lowest BCUT2D eigenvalue weighted by atomic mass is 9.77. The van der Waals surface area contributed by atoms with E-state index in [0.717, 1.165) is 13.0 Å². The lowest BCUT2D eigenvalue weighted by Crippen LogP contribution is -2.47. The Morgan fingerprint density at radius 3 is 2.58 bits per heavy atom. The highest BCUT2D eigenvalue weighted by Gasteiger charge is 2.38. The molecule has 0 amide bonds. The Kier molecular flexibility index (Phi) is 3.78. The van der Waals surface area contributed by atoms with Crippen molar-refractivity contribution in [3.05, 3.63) is 17.5 Å². The van der Waals surface area contributed by atoms with Gasteiger partial charge in [-0.25, -0.2) is 0 Å². The van der Waals surface area contributed by atoms with Crippen molar-refractivity contribution in [1.29, 1.82) is 0 Å². The van der Waals surface area contributed by atoms with Crippen molar-refractivity contribution in [2.24, 2.45) is 13.0 Å². The maximum atomic E-state index is 4.70. The molecule has 1 atom stereocenters. The molecule has 0 bridgehead atoms. The van der Waals surface area contributed by atoms with E-state index in [1.54, 1.807) is 0 Å². The molecule has 0 radical (unpaired) electrons. The molecule has 0 saturated carbocycles. The van der Waals surface area contributed by atoms with Crippen LogP contribution >= 0.6 is 0 Å². The molecule has 1 N–H and O–H groups in total. The molecule has 0 aliphatic carbocycles. The minimum atomic E-state index is 0.118. The Morgan fingerprint density at radius 1 is 1.42 bits per heavy atom. The van der Waals surface area contributed by atoms with Crippen LogP contribution in [0.25, 0.3) is 0 Å². The SMILES string of the molecule is CC(C)C1(Cc2cn(C)nc2C(C)(C)C)CCCN1. The third-order valence-corrected chi connectivity index (χ3v) is 4.50. The van der Waals surface area contributed by atoms with Gasteiger partial charge in [-0.1, -0.05) is 34.6 Å². The largest absolute Gasteiger partial charge is 0.311 e. The standard InChI is InChI=1S/C16H29N3/c1-12(2)16(8-7-9-17-16)10-13-11-19(6)18-14(13)15(3,4)5/h11-12,17H,7-10H2,1-6H3. The Hall–Kier alpha value is -0.830. The minimum Gasteiger partial charge on any atom is -0.311 e. The summed E-state index contributed by atoms with van der Waals surface area (Å²) in [5, 5.41) is 8.47. The summed E-state index contributed by atoms with van der Waals surface area (Å²) in [7, 11) is 2.03. The van der Waals surface area contributed by atoms with E-state index >= 15 is 0 Å². The van der Waals surface area contributed by atoms with Gasteiger partial charge < -0.3 is 5.32 Å². The highest BCUT2D eigenvalue weighted by molar-refractivity contribution is 5.27. The molecule has 3 heteroatoms. The lowest BCUT2D eigenvalue weighted by Gasteiger charge is -2.34. The third kappa shape index (κ3) is 2.86. The Bertz CT molecular complexity index is 431. The molecular weight excluding hydrogens is 234 g/mol. The van der Waals surface area contributed by atoms with Crippen LogP contribution in [0.4, 0.5) is 0 Å². The van der Waals surface area contributed by atoms with Crippen LogP contribution in [-0.4, -0.2) is 21.9 Å². The minimum absolute atomic E-state index is 0.118. The fourth-order valence-corrected chi connectivity index (χ4v) is 3.32. The number of aryl methyl sites for hydroxylation is 1. The van der Waals surface area contributed by atoms with Crippen LogP contribution in [0, 0.1) is 5.92 Å². The predicted molar refractivity (Wildman–Crippen MR) is 80.4 cm³/mol. The summed E-state index contributed by atoms with van der Waals surface area (Å²) in [5.41, 5.74) is 3.05. The summed E-state index contributed by atoms with van der Waals surface area (Å²) in [6.07, 6.45) is 5.89. The average molecular weight is 263 g/mol. The molecule has 1 aromatic rings. The first-order chi connectivity index (χ1) is 8.74. The van der Waals surface area contributed by atoms with Gasteiger partial charge in [0.15, 0.2) is 0 Å². The van der Waals surface area contributed by atoms with Crippen molar-refractivity contribution in [3.8, 4) is 0 Å². The smallest absolute Gasteiger partial charge is 0.0710 e. The lowest BCUT2D eigenvalue weighted by molar-refractivity contribution is 0.268. The maximum absolute atomic E-state index is 4.70. The van der Waals surface area contributed by atoms with Crippen LogP contribution in [0.3, 0.4) is 0 Å². The molecular formula is C16H29N3. The Morgan fingerprint density at radius 2 is 2.11 bits per heavy atom. The molecule has 0 aromatic carbocycles. The molecule has 2 rings (SSSR count). The van der Waals surface area contributed by atoms with Gasteiger partial charge in [-0.15, -0.1) is 0 Å². The zero-order valence-electron chi connectivity index (χ0n) is 13.4. The highest BCUT2D eigenvalue weighted by Crippen LogP contribution is 2.34. The second kappa shape index (κ2) is 4.93. The molecule has 2 heterocycles. The number of nitrogens with zero attached hydrogens (tertiary/aromatic N) is 2. The Labute approximate surface area is 117 Å². The van der Waals surface area contributed by atoms with Gasteiger partial charge >= 0.3 is 0 Å². The highest BCUT2D eigenvalue weighted by atomic mass is 15.3. The molecule has 3 nitrogen and oxygen atoms in total. The predicted octanol–water partition coefficient (Wildman–Crippen LogP) is 3.04. The van der Waals surface area contributed by atoms with E-state index in [1.165, 1.54) is 24.1 Å². The van der Waals surface area contributed by atoms with E-state index in [0.29, 0.717) is 5.92 Å². The van der Waals surface area contributed by atoms with Crippen LogP contribution in [0.15, 0.2) is 6.20 Å². The fourth-order valence-electron chi connectivity index (χ4n) is 3.32. The summed E-state index contributed by atoms with van der Waals surface area (Å²) in [5.74, 6) is 0.656. The van der Waals surface area contributed by atoms with Gasteiger partial charge in [0.05, 0.1) is 5.69 Å². The first-order valence-corrected chi connectivity index (χ1v) is 7.53. The van der Waals surface area contributed by atoms with Crippen molar-refractivity contribution in [3.63, 3.8) is 0 Å². The summed E-state index contributed by atoms with van der Waals surface area (Å²) in [6, 6.07) is 0. The van der Waals surface area contributed by atoms with E-state index in [9.17, 15) is 0 Å². The molecule has 19 heavy (non-hydrogen) atoms. The second-order valence-corrected chi connectivity index (χ2v) is 7.44. The van der Waals surface area contributed by atoms with E-state index < -0.39 is 0 Å². The van der Waals surface area contributed by atoms with Crippen molar-refractivity contribution in [2.45, 2.75) is 64.8 Å². The van der Waals surface area contributed by atoms with E-state index in [2.05, 4.69) is 46.1 Å². The average Bonchev–Trinajstić information content (AvgIpc) is 2.86. The van der Waals surface area contributed by atoms with Gasteiger partial charge in [-0.05, 0) is 37.3 Å². The molecule has 1 saturated heterocycles. The van der Waals surface area contributed by atoms with Crippen molar-refractivity contribution in [1.82, 2.24) is 15.1 Å². The van der Waals surface area contributed by atoms with Crippen molar-refractivity contribution in [2.75, 3.05) is 6.54 Å². The monoisotopic (exact) mass is 263 g/mol. The summed E-state index contributed by atoms with van der Waals surface area (Å²) in [6.45, 7) is 12.6. The molecule has 1 aliphatic rings. The molecule has 1 fully saturated rings. The van der Waals surface area contributed by atoms with Crippen LogP contribution < -0.4 is 5.32 Å². The number of nitrogens with one attached hydrogen (secondary N) is 1. The van der Waals surface area contributed by atoms with E-state index in [-0.39, 0.29) is 11.0 Å². The molecule has 0 spiro atoms. The first kappa shape index (κ1) is 14.6. The van der Waals surface area contributed by atoms with Gasteiger partial charge in [0.2, 0.25) is 0 Å². The summed E-state index contributed by atoms with van der Waals surface area (Å²) < 4.78 is 1.97. The fraction of sp³-hybridized carbons (Fsp3) is 0.812. The zero-order chi connectivity index (χ0) is 14.3. The zero-order valence-corrected chi connectivity index (χ0v) is 13.4. The number of hydrogen-bond acceptors (Lipinski definition) is 2. The van der Waals surface area contributed by atoms with Gasteiger partial charge in [-0.3, -0.25) is 4.68 Å². The second-order valence-electron chi connectivity index (χ2n) is 7.44. The van der Waals surface area contributed by atoms with E-state index in [1.807, 2.05) is 11.7 Å². The van der Waals surface area contributed by atoms with Crippen molar-refractivity contribution >= 4 is 0 Å². The van der Waals surface area contributed by atoms with Gasteiger partial charge in [0, 0.05) is 24.2 Å². The molecule has 1 aliphatic heterocycles. The van der Waals surface area contributed by atoms with Crippen LogP contribution in [0.5, 0.6) is 0 Å². The summed E-state index contributed by atoms with van der Waals surface area (Å²) >= 11 is 0. The number of hydrogen-bond donors (Lipinski definition) is 1. The number of rotatable bonds is 3. The molecule has 1 aromatic heterocycles. The van der Waals surface area contributed by atoms with Crippen LogP contribution in [0.2, 0.25) is 0 Å². The third-order valence-electron chi connectivity index (χ3n) is 4.50. The van der Waals surface area contributed by atoms with Crippen molar-refractivity contribution < 1.29 is 0 Å². The molecule has 1 unspecified atom stereocenters. The topological polar surface area (TPSA) is 29.9 Å². The quantitative estimate of drug-likeness (QED) is 0.908.